The van der Waals surface area contributed by atoms with Crippen molar-refractivity contribution in [2.75, 3.05) is 6.61 Å². The van der Waals surface area contributed by atoms with Crippen LogP contribution in [0.1, 0.15) is 30.9 Å². The Morgan fingerprint density at radius 1 is 1.38 bits per heavy atom. The van der Waals surface area contributed by atoms with Gasteiger partial charge in [0, 0.05) is 19.2 Å². The molecule has 2 rings (SSSR count). The Balaban J connectivity index is 1.80. The standard InChI is InChI=1S/C14H21NO/c1-11-5-7-13(8-6-11)10-15-12(2)14-4-3-9-16-14/h5-8,12,14-15H,3-4,9-10H2,1-2H3. The lowest BCUT2D eigenvalue weighted by Gasteiger charge is -2.20. The molecule has 2 heteroatoms. The maximum absolute atomic E-state index is 5.66. The van der Waals surface area contributed by atoms with Gasteiger partial charge in [0.05, 0.1) is 6.10 Å². The maximum Gasteiger partial charge on any atom is 0.0726 e. The molecule has 88 valence electrons. The van der Waals surface area contributed by atoms with Gasteiger partial charge in [0.2, 0.25) is 0 Å². The van der Waals surface area contributed by atoms with E-state index >= 15 is 0 Å². The number of hydrogen-bond acceptors (Lipinski definition) is 2. The third-order valence-electron chi connectivity index (χ3n) is 3.27. The van der Waals surface area contributed by atoms with Crippen molar-refractivity contribution in [2.45, 2.75) is 45.4 Å². The molecule has 2 unspecified atom stereocenters. The third-order valence-corrected chi connectivity index (χ3v) is 3.27. The van der Waals surface area contributed by atoms with Crippen molar-refractivity contribution in [3.63, 3.8) is 0 Å². The predicted octanol–water partition coefficient (Wildman–Crippen LogP) is 2.65. The molecule has 0 amide bonds. The summed E-state index contributed by atoms with van der Waals surface area (Å²) in [6.07, 6.45) is 2.81. The first-order chi connectivity index (χ1) is 7.75. The van der Waals surface area contributed by atoms with E-state index in [1.165, 1.54) is 24.0 Å². The van der Waals surface area contributed by atoms with Gasteiger partial charge in [0.25, 0.3) is 0 Å². The lowest BCUT2D eigenvalue weighted by atomic mass is 10.1. The highest BCUT2D eigenvalue weighted by Gasteiger charge is 2.21. The van der Waals surface area contributed by atoms with E-state index in [2.05, 4.69) is 43.4 Å². The van der Waals surface area contributed by atoms with Crippen LogP contribution in [-0.4, -0.2) is 18.8 Å². The molecule has 1 aliphatic heterocycles. The average Bonchev–Trinajstić information content (AvgIpc) is 2.81. The highest BCUT2D eigenvalue weighted by molar-refractivity contribution is 5.21. The molecule has 1 heterocycles. The van der Waals surface area contributed by atoms with Crippen LogP contribution in [0.15, 0.2) is 24.3 Å². The van der Waals surface area contributed by atoms with E-state index in [1.54, 1.807) is 0 Å². The van der Waals surface area contributed by atoms with Gasteiger partial charge >= 0.3 is 0 Å². The Kier molecular flexibility index (Phi) is 3.97. The van der Waals surface area contributed by atoms with Crippen LogP contribution in [0.3, 0.4) is 0 Å². The number of ether oxygens (including phenoxy) is 1. The largest absolute Gasteiger partial charge is 0.377 e. The summed E-state index contributed by atoms with van der Waals surface area (Å²) in [5.74, 6) is 0. The monoisotopic (exact) mass is 219 g/mol. The molecule has 1 aliphatic rings. The van der Waals surface area contributed by atoms with Crippen molar-refractivity contribution < 1.29 is 4.74 Å². The molecular weight excluding hydrogens is 198 g/mol. The van der Waals surface area contributed by atoms with Crippen LogP contribution in [0.4, 0.5) is 0 Å². The molecule has 1 saturated heterocycles. The second-order valence-electron chi connectivity index (χ2n) is 4.71. The highest BCUT2D eigenvalue weighted by Crippen LogP contribution is 2.15. The second kappa shape index (κ2) is 5.46. The zero-order chi connectivity index (χ0) is 11.4. The average molecular weight is 219 g/mol. The Hall–Kier alpha value is -0.860. The molecule has 1 aromatic rings. The topological polar surface area (TPSA) is 21.3 Å². The number of hydrogen-bond donors (Lipinski definition) is 1. The van der Waals surface area contributed by atoms with E-state index in [0.29, 0.717) is 12.1 Å². The van der Waals surface area contributed by atoms with Gasteiger partial charge in [-0.2, -0.15) is 0 Å². The third kappa shape index (κ3) is 3.06. The Morgan fingerprint density at radius 3 is 2.75 bits per heavy atom. The van der Waals surface area contributed by atoms with Gasteiger partial charge < -0.3 is 10.1 Å². The van der Waals surface area contributed by atoms with Crippen molar-refractivity contribution in [1.29, 1.82) is 0 Å². The Labute approximate surface area is 98.0 Å². The van der Waals surface area contributed by atoms with Gasteiger partial charge in [0.1, 0.15) is 0 Å². The van der Waals surface area contributed by atoms with Crippen molar-refractivity contribution in [3.8, 4) is 0 Å². The summed E-state index contributed by atoms with van der Waals surface area (Å²) in [5, 5.41) is 3.54. The number of aryl methyl sites for hydroxylation is 1. The van der Waals surface area contributed by atoms with Crippen LogP contribution in [0.25, 0.3) is 0 Å². The molecule has 0 aromatic heterocycles. The van der Waals surface area contributed by atoms with Crippen molar-refractivity contribution >= 4 is 0 Å². The van der Waals surface area contributed by atoms with Crippen molar-refractivity contribution in [1.82, 2.24) is 5.32 Å². The van der Waals surface area contributed by atoms with Gasteiger partial charge in [-0.3, -0.25) is 0 Å². The van der Waals surface area contributed by atoms with Crippen LogP contribution in [0.2, 0.25) is 0 Å². The van der Waals surface area contributed by atoms with E-state index in [-0.39, 0.29) is 0 Å². The molecule has 2 nitrogen and oxygen atoms in total. The van der Waals surface area contributed by atoms with Gasteiger partial charge in [-0.1, -0.05) is 29.8 Å². The van der Waals surface area contributed by atoms with E-state index in [0.717, 1.165) is 13.2 Å². The minimum absolute atomic E-state index is 0.408. The van der Waals surface area contributed by atoms with Gasteiger partial charge in [-0.05, 0) is 32.3 Å². The van der Waals surface area contributed by atoms with Gasteiger partial charge in [-0.15, -0.1) is 0 Å². The van der Waals surface area contributed by atoms with E-state index in [4.69, 9.17) is 4.74 Å². The summed E-state index contributed by atoms with van der Waals surface area (Å²) in [5.41, 5.74) is 2.66. The molecular formula is C14H21NO. The van der Waals surface area contributed by atoms with Crippen molar-refractivity contribution in [3.05, 3.63) is 35.4 Å². The number of nitrogens with one attached hydrogen (secondary N) is 1. The maximum atomic E-state index is 5.66. The lowest BCUT2D eigenvalue weighted by Crippen LogP contribution is -2.36. The fraction of sp³-hybridized carbons (Fsp3) is 0.571. The summed E-state index contributed by atoms with van der Waals surface area (Å²) in [6, 6.07) is 9.14. The molecule has 0 aliphatic carbocycles. The number of rotatable bonds is 4. The molecule has 1 N–H and O–H groups in total. The van der Waals surface area contributed by atoms with Gasteiger partial charge in [0.15, 0.2) is 0 Å². The first-order valence-corrected chi connectivity index (χ1v) is 6.16. The van der Waals surface area contributed by atoms with Crippen molar-refractivity contribution in [2.24, 2.45) is 0 Å². The smallest absolute Gasteiger partial charge is 0.0726 e. The predicted molar refractivity (Wildman–Crippen MR) is 66.5 cm³/mol. The minimum atomic E-state index is 0.408. The summed E-state index contributed by atoms with van der Waals surface area (Å²) in [4.78, 5) is 0. The first kappa shape index (κ1) is 11.6. The van der Waals surface area contributed by atoms with E-state index in [1.807, 2.05) is 0 Å². The van der Waals surface area contributed by atoms with Gasteiger partial charge in [-0.25, -0.2) is 0 Å². The summed E-state index contributed by atoms with van der Waals surface area (Å²) >= 11 is 0. The van der Waals surface area contributed by atoms with Crippen LogP contribution < -0.4 is 5.32 Å². The minimum Gasteiger partial charge on any atom is -0.377 e. The lowest BCUT2D eigenvalue weighted by molar-refractivity contribution is 0.0832. The Bertz CT molecular complexity index is 314. The van der Waals surface area contributed by atoms with E-state index in [9.17, 15) is 0 Å². The molecule has 2 atom stereocenters. The quantitative estimate of drug-likeness (QED) is 0.840. The molecule has 1 fully saturated rings. The fourth-order valence-corrected chi connectivity index (χ4v) is 2.11. The normalized spacial score (nSPS) is 22.2. The molecule has 0 radical (unpaired) electrons. The molecule has 16 heavy (non-hydrogen) atoms. The highest BCUT2D eigenvalue weighted by atomic mass is 16.5. The zero-order valence-corrected chi connectivity index (χ0v) is 10.2. The molecule has 0 spiro atoms. The Morgan fingerprint density at radius 2 is 2.12 bits per heavy atom. The van der Waals surface area contributed by atoms with Crippen LogP contribution >= 0.6 is 0 Å². The molecule has 0 bridgehead atoms. The SMILES string of the molecule is Cc1ccc(CNC(C)C2CCCO2)cc1. The molecule has 0 saturated carbocycles. The van der Waals surface area contributed by atoms with E-state index < -0.39 is 0 Å². The fourth-order valence-electron chi connectivity index (χ4n) is 2.11. The number of benzene rings is 1. The van der Waals surface area contributed by atoms with Crippen LogP contribution in [0, 0.1) is 6.92 Å². The summed E-state index contributed by atoms with van der Waals surface area (Å²) < 4.78 is 5.66. The zero-order valence-electron chi connectivity index (χ0n) is 10.2. The first-order valence-electron chi connectivity index (χ1n) is 6.16. The van der Waals surface area contributed by atoms with Crippen LogP contribution in [-0.2, 0) is 11.3 Å². The summed E-state index contributed by atoms with van der Waals surface area (Å²) in [6.45, 7) is 6.19. The molecule has 1 aromatic carbocycles. The second-order valence-corrected chi connectivity index (χ2v) is 4.71. The summed E-state index contributed by atoms with van der Waals surface area (Å²) in [7, 11) is 0. The van der Waals surface area contributed by atoms with Crippen LogP contribution in [0.5, 0.6) is 0 Å².